The van der Waals surface area contributed by atoms with Crippen LogP contribution < -0.4 is 16.4 Å². The first kappa shape index (κ1) is 29.1. The molecule has 5 aromatic carbocycles. The summed E-state index contributed by atoms with van der Waals surface area (Å²) >= 11 is 0. The molecule has 42 heavy (non-hydrogen) atoms. The summed E-state index contributed by atoms with van der Waals surface area (Å²) in [5.74, 6) is 0. The molecule has 0 saturated heterocycles. The SMILES string of the molecule is CCCCCN.NC1(c2ccccc2-c2ccc(N(c3ccccc3)c3cccc4ccccc34)cc2)C=CC=CC1. The number of hydrogen-bond acceptors (Lipinski definition) is 3. The Balaban J connectivity index is 0.000000535. The van der Waals surface area contributed by atoms with Gasteiger partial charge in [-0.05, 0) is 71.8 Å². The van der Waals surface area contributed by atoms with Crippen molar-refractivity contribution in [2.75, 3.05) is 11.4 Å². The first-order valence-corrected chi connectivity index (χ1v) is 15.0. The van der Waals surface area contributed by atoms with Gasteiger partial charge in [-0.1, -0.05) is 135 Å². The van der Waals surface area contributed by atoms with Crippen LogP contribution in [0.15, 0.2) is 146 Å². The van der Waals surface area contributed by atoms with Crippen molar-refractivity contribution >= 4 is 27.8 Å². The minimum atomic E-state index is -0.497. The molecule has 0 amide bonds. The lowest BCUT2D eigenvalue weighted by Gasteiger charge is -2.30. The van der Waals surface area contributed by atoms with E-state index in [2.05, 4.69) is 151 Å². The molecular formula is C39H41N3. The monoisotopic (exact) mass is 551 g/mol. The summed E-state index contributed by atoms with van der Waals surface area (Å²) in [6.45, 7) is 3.03. The van der Waals surface area contributed by atoms with Gasteiger partial charge in [-0.2, -0.15) is 0 Å². The fourth-order valence-corrected chi connectivity index (χ4v) is 5.57. The van der Waals surface area contributed by atoms with Crippen LogP contribution in [-0.4, -0.2) is 6.54 Å². The highest BCUT2D eigenvalue weighted by atomic mass is 15.1. The van der Waals surface area contributed by atoms with Gasteiger partial charge in [0.15, 0.2) is 0 Å². The predicted octanol–water partition coefficient (Wildman–Crippen LogP) is 9.78. The number of benzene rings is 5. The zero-order chi connectivity index (χ0) is 29.2. The second-order valence-electron chi connectivity index (χ2n) is 10.8. The third-order valence-electron chi connectivity index (χ3n) is 7.79. The van der Waals surface area contributed by atoms with Crippen LogP contribution in [0, 0.1) is 0 Å². The second kappa shape index (κ2) is 14.0. The van der Waals surface area contributed by atoms with Crippen LogP contribution in [0.25, 0.3) is 21.9 Å². The normalized spacial score (nSPS) is 15.7. The molecule has 3 heteroatoms. The van der Waals surface area contributed by atoms with Gasteiger partial charge in [0.25, 0.3) is 0 Å². The van der Waals surface area contributed by atoms with Crippen LogP contribution in [0.2, 0.25) is 0 Å². The van der Waals surface area contributed by atoms with Crippen LogP contribution in [0.5, 0.6) is 0 Å². The lowest BCUT2D eigenvalue weighted by atomic mass is 9.81. The van der Waals surface area contributed by atoms with Crippen molar-refractivity contribution in [3.8, 4) is 11.1 Å². The van der Waals surface area contributed by atoms with E-state index < -0.39 is 5.54 Å². The van der Waals surface area contributed by atoms with Crippen molar-refractivity contribution < 1.29 is 0 Å². The summed E-state index contributed by atoms with van der Waals surface area (Å²) in [7, 11) is 0. The van der Waals surface area contributed by atoms with Crippen LogP contribution in [0.3, 0.4) is 0 Å². The molecular weight excluding hydrogens is 510 g/mol. The quantitative estimate of drug-likeness (QED) is 0.189. The van der Waals surface area contributed by atoms with E-state index in [4.69, 9.17) is 11.5 Å². The van der Waals surface area contributed by atoms with E-state index in [9.17, 15) is 0 Å². The molecule has 0 aliphatic heterocycles. The van der Waals surface area contributed by atoms with E-state index in [1.165, 1.54) is 35.6 Å². The fourth-order valence-electron chi connectivity index (χ4n) is 5.57. The van der Waals surface area contributed by atoms with Gasteiger partial charge in [-0.15, -0.1) is 0 Å². The molecule has 0 heterocycles. The van der Waals surface area contributed by atoms with E-state index in [1.54, 1.807) is 0 Å². The molecule has 1 unspecified atom stereocenters. The molecule has 212 valence electrons. The van der Waals surface area contributed by atoms with Crippen molar-refractivity contribution in [2.24, 2.45) is 11.5 Å². The molecule has 5 aromatic rings. The Kier molecular flexibility index (Phi) is 9.66. The van der Waals surface area contributed by atoms with Crippen LogP contribution >= 0.6 is 0 Å². The molecule has 0 bridgehead atoms. The third kappa shape index (κ3) is 6.54. The molecule has 1 aliphatic rings. The van der Waals surface area contributed by atoms with Crippen molar-refractivity contribution in [1.82, 2.24) is 0 Å². The average Bonchev–Trinajstić information content (AvgIpc) is 3.05. The second-order valence-corrected chi connectivity index (χ2v) is 10.8. The first-order chi connectivity index (χ1) is 20.6. The highest BCUT2D eigenvalue weighted by Gasteiger charge is 2.27. The predicted molar refractivity (Wildman–Crippen MR) is 181 cm³/mol. The number of hydrogen-bond donors (Lipinski definition) is 2. The van der Waals surface area contributed by atoms with Crippen LogP contribution in [0.1, 0.15) is 38.2 Å². The molecule has 0 saturated carbocycles. The zero-order valence-corrected chi connectivity index (χ0v) is 24.5. The van der Waals surface area contributed by atoms with Gasteiger partial charge in [0, 0.05) is 16.8 Å². The van der Waals surface area contributed by atoms with Gasteiger partial charge in [-0.3, -0.25) is 0 Å². The summed E-state index contributed by atoms with van der Waals surface area (Å²) in [5, 5.41) is 2.45. The number of anilines is 3. The lowest BCUT2D eigenvalue weighted by molar-refractivity contribution is 0.567. The number of rotatable bonds is 8. The fraction of sp³-hybridized carbons (Fsp3) is 0.179. The van der Waals surface area contributed by atoms with Gasteiger partial charge in [0.1, 0.15) is 0 Å². The van der Waals surface area contributed by atoms with Gasteiger partial charge in [0.05, 0.1) is 11.2 Å². The van der Waals surface area contributed by atoms with Gasteiger partial charge in [-0.25, -0.2) is 0 Å². The first-order valence-electron chi connectivity index (χ1n) is 15.0. The number of nitrogens with zero attached hydrogens (tertiary/aromatic N) is 1. The molecule has 0 radical (unpaired) electrons. The van der Waals surface area contributed by atoms with E-state index in [0.29, 0.717) is 0 Å². The smallest absolute Gasteiger partial charge is 0.0639 e. The Morgan fingerprint density at radius 1 is 0.690 bits per heavy atom. The number of allylic oxidation sites excluding steroid dienone is 2. The lowest BCUT2D eigenvalue weighted by Crippen LogP contribution is -2.35. The topological polar surface area (TPSA) is 55.3 Å². The standard InChI is InChI=1S/C34H28N2.C5H13N/c35-34(24-9-2-10-25-34)32-18-8-7-16-30(32)27-20-22-29(23-21-27)36(28-14-3-1-4-15-28)33-19-11-13-26-12-5-6-17-31(26)33;1-2-3-4-5-6/h1-24H,25,35H2;2-6H2,1H3. The van der Waals surface area contributed by atoms with Crippen molar-refractivity contribution in [3.05, 3.63) is 151 Å². The molecule has 1 aliphatic carbocycles. The summed E-state index contributed by atoms with van der Waals surface area (Å²) in [5.41, 5.74) is 18.4. The largest absolute Gasteiger partial charge is 0.330 e. The summed E-state index contributed by atoms with van der Waals surface area (Å²) < 4.78 is 0. The van der Waals surface area contributed by atoms with Crippen LogP contribution in [0.4, 0.5) is 17.1 Å². The maximum Gasteiger partial charge on any atom is 0.0639 e. The average molecular weight is 552 g/mol. The Morgan fingerprint density at radius 3 is 2.10 bits per heavy atom. The molecule has 4 N–H and O–H groups in total. The maximum atomic E-state index is 6.86. The third-order valence-corrected chi connectivity index (χ3v) is 7.79. The summed E-state index contributed by atoms with van der Waals surface area (Å²) in [6, 6.07) is 42.9. The van der Waals surface area contributed by atoms with E-state index in [1.807, 2.05) is 6.08 Å². The van der Waals surface area contributed by atoms with E-state index in [0.717, 1.165) is 41.2 Å². The molecule has 6 rings (SSSR count). The van der Waals surface area contributed by atoms with Crippen molar-refractivity contribution in [3.63, 3.8) is 0 Å². The zero-order valence-electron chi connectivity index (χ0n) is 24.5. The van der Waals surface area contributed by atoms with Gasteiger partial charge < -0.3 is 16.4 Å². The van der Waals surface area contributed by atoms with E-state index in [-0.39, 0.29) is 0 Å². The molecule has 0 spiro atoms. The van der Waals surface area contributed by atoms with Gasteiger partial charge in [0.2, 0.25) is 0 Å². The van der Waals surface area contributed by atoms with Crippen molar-refractivity contribution in [2.45, 2.75) is 38.1 Å². The molecule has 0 aromatic heterocycles. The number of fused-ring (bicyclic) bond motifs is 1. The van der Waals surface area contributed by atoms with Crippen LogP contribution in [-0.2, 0) is 5.54 Å². The Hall–Kier alpha value is -4.44. The molecule has 3 nitrogen and oxygen atoms in total. The Morgan fingerprint density at radius 2 is 1.38 bits per heavy atom. The highest BCUT2D eigenvalue weighted by molar-refractivity contribution is 5.99. The summed E-state index contributed by atoms with van der Waals surface area (Å²) in [4.78, 5) is 2.33. The van der Waals surface area contributed by atoms with Gasteiger partial charge >= 0.3 is 0 Å². The highest BCUT2D eigenvalue weighted by Crippen LogP contribution is 2.40. The molecule has 1 atom stereocenters. The summed E-state index contributed by atoms with van der Waals surface area (Å²) in [6.07, 6.45) is 12.9. The molecule has 0 fully saturated rings. The minimum Gasteiger partial charge on any atom is -0.330 e. The number of unbranched alkanes of at least 4 members (excludes halogenated alkanes) is 2. The number of nitrogens with two attached hydrogens (primary N) is 2. The minimum absolute atomic E-state index is 0.497. The number of para-hydroxylation sites is 1. The Labute approximate surface area is 250 Å². The van der Waals surface area contributed by atoms with E-state index >= 15 is 0 Å². The maximum absolute atomic E-state index is 6.86. The van der Waals surface area contributed by atoms with Crippen molar-refractivity contribution in [1.29, 1.82) is 0 Å². The Bertz CT molecular complexity index is 1630.